The third-order valence-electron chi connectivity index (χ3n) is 4.35. The number of carbonyl (C=O) groups excluding carboxylic acids is 2. The molecule has 146 valence electrons. The van der Waals surface area contributed by atoms with E-state index in [2.05, 4.69) is 31.9 Å². The SMILES string of the molecule is COc1ccc(NC(=O)C2=C(C)NC(=O)NC2c2cccc(Br)c2)c(OC)c1. The van der Waals surface area contributed by atoms with Crippen LogP contribution < -0.4 is 25.4 Å². The van der Waals surface area contributed by atoms with Crippen LogP contribution in [0.1, 0.15) is 18.5 Å². The van der Waals surface area contributed by atoms with Crippen LogP contribution in [0.15, 0.2) is 58.2 Å². The number of ether oxygens (including phenoxy) is 2. The summed E-state index contributed by atoms with van der Waals surface area (Å²) in [5.41, 5.74) is 2.18. The van der Waals surface area contributed by atoms with Gasteiger partial charge >= 0.3 is 6.03 Å². The molecule has 0 aromatic heterocycles. The van der Waals surface area contributed by atoms with Crippen molar-refractivity contribution in [3.63, 3.8) is 0 Å². The third kappa shape index (κ3) is 4.12. The van der Waals surface area contributed by atoms with Gasteiger partial charge in [0.2, 0.25) is 0 Å². The quantitative estimate of drug-likeness (QED) is 0.653. The Labute approximate surface area is 171 Å². The van der Waals surface area contributed by atoms with Gasteiger partial charge in [0, 0.05) is 16.2 Å². The van der Waals surface area contributed by atoms with E-state index in [4.69, 9.17) is 9.47 Å². The van der Waals surface area contributed by atoms with Crippen LogP contribution in [-0.2, 0) is 4.79 Å². The van der Waals surface area contributed by atoms with Gasteiger partial charge in [0.15, 0.2) is 0 Å². The number of benzene rings is 2. The van der Waals surface area contributed by atoms with Gasteiger partial charge in [-0.3, -0.25) is 4.79 Å². The topological polar surface area (TPSA) is 88.7 Å². The summed E-state index contributed by atoms with van der Waals surface area (Å²) in [6, 6.07) is 11.6. The maximum atomic E-state index is 13.1. The molecule has 0 aliphatic carbocycles. The monoisotopic (exact) mass is 445 g/mol. The lowest BCUT2D eigenvalue weighted by molar-refractivity contribution is -0.113. The predicted octanol–water partition coefficient (Wildman–Crippen LogP) is 3.73. The largest absolute Gasteiger partial charge is 0.497 e. The molecule has 2 aromatic carbocycles. The molecule has 2 aromatic rings. The van der Waals surface area contributed by atoms with E-state index in [-0.39, 0.29) is 11.9 Å². The first kappa shape index (κ1) is 19.8. The summed E-state index contributed by atoms with van der Waals surface area (Å²) in [5.74, 6) is 0.736. The molecule has 1 aliphatic heterocycles. The molecular formula is C20H20BrN3O4. The number of halogens is 1. The molecule has 1 unspecified atom stereocenters. The van der Waals surface area contributed by atoms with E-state index in [1.54, 1.807) is 32.2 Å². The van der Waals surface area contributed by atoms with Crippen LogP contribution >= 0.6 is 15.9 Å². The molecule has 0 saturated carbocycles. The highest BCUT2D eigenvalue weighted by Gasteiger charge is 2.31. The highest BCUT2D eigenvalue weighted by atomic mass is 79.9. The van der Waals surface area contributed by atoms with Crippen molar-refractivity contribution in [1.29, 1.82) is 0 Å². The van der Waals surface area contributed by atoms with E-state index < -0.39 is 6.04 Å². The van der Waals surface area contributed by atoms with E-state index in [1.165, 1.54) is 7.11 Å². The summed E-state index contributed by atoms with van der Waals surface area (Å²) >= 11 is 3.43. The molecule has 3 amide bonds. The van der Waals surface area contributed by atoms with Gasteiger partial charge in [-0.15, -0.1) is 0 Å². The van der Waals surface area contributed by atoms with E-state index in [9.17, 15) is 9.59 Å². The highest BCUT2D eigenvalue weighted by molar-refractivity contribution is 9.10. The number of hydrogen-bond acceptors (Lipinski definition) is 4. The number of nitrogens with one attached hydrogen (secondary N) is 3. The van der Waals surface area contributed by atoms with Crippen molar-refractivity contribution < 1.29 is 19.1 Å². The molecule has 1 aliphatic rings. The van der Waals surface area contributed by atoms with Crippen molar-refractivity contribution in [2.75, 3.05) is 19.5 Å². The summed E-state index contributed by atoms with van der Waals surface area (Å²) in [6.45, 7) is 1.70. The highest BCUT2D eigenvalue weighted by Crippen LogP contribution is 2.32. The molecule has 1 atom stereocenters. The Morgan fingerprint density at radius 2 is 1.93 bits per heavy atom. The Morgan fingerprint density at radius 3 is 2.61 bits per heavy atom. The number of allylic oxidation sites excluding steroid dienone is 1. The van der Waals surface area contributed by atoms with Crippen LogP contribution in [0.25, 0.3) is 0 Å². The first-order valence-electron chi connectivity index (χ1n) is 8.50. The van der Waals surface area contributed by atoms with Gasteiger partial charge in [0.25, 0.3) is 5.91 Å². The molecular weight excluding hydrogens is 426 g/mol. The van der Waals surface area contributed by atoms with Gasteiger partial charge in [-0.1, -0.05) is 28.1 Å². The first-order valence-corrected chi connectivity index (χ1v) is 9.29. The Balaban J connectivity index is 1.96. The summed E-state index contributed by atoms with van der Waals surface area (Å²) < 4.78 is 11.4. The zero-order valence-corrected chi connectivity index (χ0v) is 17.2. The molecule has 0 spiro atoms. The maximum Gasteiger partial charge on any atom is 0.319 e. The van der Waals surface area contributed by atoms with Crippen molar-refractivity contribution in [3.8, 4) is 11.5 Å². The minimum Gasteiger partial charge on any atom is -0.497 e. The number of anilines is 1. The average Bonchev–Trinajstić information content (AvgIpc) is 2.67. The molecule has 0 fully saturated rings. The minimum absolute atomic E-state index is 0.349. The molecule has 0 saturated heterocycles. The summed E-state index contributed by atoms with van der Waals surface area (Å²) in [7, 11) is 3.07. The second-order valence-electron chi connectivity index (χ2n) is 6.15. The molecule has 3 rings (SSSR count). The van der Waals surface area contributed by atoms with Gasteiger partial charge in [-0.2, -0.15) is 0 Å². The van der Waals surface area contributed by atoms with Gasteiger partial charge in [0.05, 0.1) is 31.5 Å². The smallest absolute Gasteiger partial charge is 0.319 e. The maximum absolute atomic E-state index is 13.1. The molecule has 8 heteroatoms. The Hall–Kier alpha value is -3.00. The van der Waals surface area contributed by atoms with Gasteiger partial charge < -0.3 is 25.4 Å². The van der Waals surface area contributed by atoms with E-state index in [1.807, 2.05) is 24.3 Å². The van der Waals surface area contributed by atoms with E-state index >= 15 is 0 Å². The molecule has 1 heterocycles. The Kier molecular flexibility index (Phi) is 5.89. The lowest BCUT2D eigenvalue weighted by Gasteiger charge is -2.29. The fourth-order valence-corrected chi connectivity index (χ4v) is 3.44. The molecule has 0 radical (unpaired) electrons. The summed E-state index contributed by atoms with van der Waals surface area (Å²) in [6.07, 6.45) is 0. The van der Waals surface area contributed by atoms with Crippen LogP contribution in [0.3, 0.4) is 0 Å². The number of hydrogen-bond donors (Lipinski definition) is 3. The van der Waals surface area contributed by atoms with Crippen molar-refractivity contribution >= 4 is 33.6 Å². The number of rotatable bonds is 5. The van der Waals surface area contributed by atoms with Crippen LogP contribution in [0.4, 0.5) is 10.5 Å². The second kappa shape index (κ2) is 8.35. The number of urea groups is 1. The van der Waals surface area contributed by atoms with Crippen LogP contribution in [-0.4, -0.2) is 26.2 Å². The van der Waals surface area contributed by atoms with Crippen LogP contribution in [0.2, 0.25) is 0 Å². The molecule has 3 N–H and O–H groups in total. The molecule has 0 bridgehead atoms. The third-order valence-corrected chi connectivity index (χ3v) is 4.85. The summed E-state index contributed by atoms with van der Waals surface area (Å²) in [4.78, 5) is 25.1. The standard InChI is InChI=1S/C20H20BrN3O4/c1-11-17(18(24-20(26)22-11)12-5-4-6-13(21)9-12)19(25)23-15-8-7-14(27-2)10-16(15)28-3/h4-10,18H,1-3H3,(H,23,25)(H2,22,24,26). The van der Waals surface area contributed by atoms with Crippen molar-refractivity contribution in [1.82, 2.24) is 10.6 Å². The minimum atomic E-state index is -0.588. The fourth-order valence-electron chi connectivity index (χ4n) is 3.02. The van der Waals surface area contributed by atoms with Crippen molar-refractivity contribution in [2.45, 2.75) is 13.0 Å². The normalized spacial score (nSPS) is 16.1. The second-order valence-corrected chi connectivity index (χ2v) is 7.06. The van der Waals surface area contributed by atoms with Crippen molar-refractivity contribution in [2.24, 2.45) is 0 Å². The predicted molar refractivity (Wildman–Crippen MR) is 109 cm³/mol. The summed E-state index contributed by atoms with van der Waals surface area (Å²) in [5, 5.41) is 8.34. The van der Waals surface area contributed by atoms with Crippen LogP contribution in [0.5, 0.6) is 11.5 Å². The van der Waals surface area contributed by atoms with Gasteiger partial charge in [-0.05, 0) is 36.8 Å². The lowest BCUT2D eigenvalue weighted by Crippen LogP contribution is -2.46. The van der Waals surface area contributed by atoms with Gasteiger partial charge in [-0.25, -0.2) is 4.79 Å². The van der Waals surface area contributed by atoms with E-state index in [0.717, 1.165) is 10.0 Å². The van der Waals surface area contributed by atoms with Crippen LogP contribution in [0, 0.1) is 0 Å². The lowest BCUT2D eigenvalue weighted by atomic mass is 9.95. The average molecular weight is 446 g/mol. The van der Waals surface area contributed by atoms with Gasteiger partial charge in [0.1, 0.15) is 11.5 Å². The first-order chi connectivity index (χ1) is 13.4. The number of amides is 3. The Morgan fingerprint density at radius 1 is 1.14 bits per heavy atom. The number of methoxy groups -OCH3 is 2. The Bertz CT molecular complexity index is 958. The van der Waals surface area contributed by atoms with Crippen molar-refractivity contribution in [3.05, 3.63) is 63.8 Å². The molecule has 28 heavy (non-hydrogen) atoms. The zero-order chi connectivity index (χ0) is 20.3. The zero-order valence-electron chi connectivity index (χ0n) is 15.6. The fraction of sp³-hybridized carbons (Fsp3) is 0.200. The van der Waals surface area contributed by atoms with E-state index in [0.29, 0.717) is 28.5 Å². The number of carbonyl (C=O) groups is 2. The molecule has 7 nitrogen and oxygen atoms in total.